The van der Waals surface area contributed by atoms with Crippen molar-refractivity contribution >= 4 is 5.97 Å². The Balaban J connectivity index is 0. The Morgan fingerprint density at radius 1 is 1.10 bits per heavy atom. The third kappa shape index (κ3) is 9.03. The molecule has 0 atom stereocenters. The van der Waals surface area contributed by atoms with Gasteiger partial charge in [0.05, 0.1) is 19.8 Å². The molecule has 0 aromatic carbocycles. The largest absolute Gasteiger partial charge is 0.435 e. The number of aliphatic hydroxyl groups is 4. The van der Waals surface area contributed by atoms with Crippen LogP contribution in [0.4, 0.5) is 0 Å². The molecule has 20 heavy (non-hydrogen) atoms. The highest BCUT2D eigenvalue weighted by molar-refractivity contribution is 5.87. The maximum absolute atomic E-state index is 11.1. The lowest BCUT2D eigenvalue weighted by molar-refractivity contribution is -0.146. The zero-order valence-electron chi connectivity index (χ0n) is 12.6. The standard InChI is InChI=1S/C11H20O6.C3H8/c1-9(10(16)17-8-15)3-2-4-11(5-12,6-13)7-14;1-3-2/h3,12-15H,2,4-8H2,1H3;3H2,1-2H3. The van der Waals surface area contributed by atoms with Gasteiger partial charge in [-0.2, -0.15) is 0 Å². The van der Waals surface area contributed by atoms with Crippen LogP contribution in [0, 0.1) is 5.41 Å². The van der Waals surface area contributed by atoms with Crippen molar-refractivity contribution in [1.82, 2.24) is 0 Å². The summed E-state index contributed by atoms with van der Waals surface area (Å²) in [6.45, 7) is 4.14. The van der Waals surface area contributed by atoms with E-state index in [0.717, 1.165) is 0 Å². The zero-order chi connectivity index (χ0) is 16.0. The molecule has 0 amide bonds. The average molecular weight is 292 g/mol. The van der Waals surface area contributed by atoms with Crippen molar-refractivity contribution in [1.29, 1.82) is 0 Å². The van der Waals surface area contributed by atoms with Crippen molar-refractivity contribution in [3.63, 3.8) is 0 Å². The minimum Gasteiger partial charge on any atom is -0.435 e. The molecule has 0 heterocycles. The van der Waals surface area contributed by atoms with E-state index in [4.69, 9.17) is 20.4 Å². The Hall–Kier alpha value is -0.950. The molecular weight excluding hydrogens is 264 g/mol. The van der Waals surface area contributed by atoms with Crippen molar-refractivity contribution in [2.45, 2.75) is 40.0 Å². The molecule has 6 heteroatoms. The first kappa shape index (κ1) is 21.4. The van der Waals surface area contributed by atoms with Crippen molar-refractivity contribution in [2.75, 3.05) is 26.6 Å². The summed E-state index contributed by atoms with van der Waals surface area (Å²) in [7, 11) is 0. The van der Waals surface area contributed by atoms with Crippen LogP contribution in [0.1, 0.15) is 40.0 Å². The van der Waals surface area contributed by atoms with E-state index in [1.54, 1.807) is 6.08 Å². The lowest BCUT2D eigenvalue weighted by atomic mass is 9.85. The molecule has 0 aliphatic rings. The van der Waals surface area contributed by atoms with Gasteiger partial charge in [-0.15, -0.1) is 0 Å². The molecule has 0 spiro atoms. The third-order valence-corrected chi connectivity index (χ3v) is 2.65. The summed E-state index contributed by atoms with van der Waals surface area (Å²) in [5.74, 6) is -0.616. The first-order chi connectivity index (χ1) is 9.46. The monoisotopic (exact) mass is 292 g/mol. The quantitative estimate of drug-likeness (QED) is 0.296. The maximum Gasteiger partial charge on any atom is 0.335 e. The number of ether oxygens (including phenoxy) is 1. The van der Waals surface area contributed by atoms with E-state index in [1.807, 2.05) is 0 Å². The average Bonchev–Trinajstić information content (AvgIpc) is 2.45. The summed E-state index contributed by atoms with van der Waals surface area (Å²) < 4.78 is 4.37. The van der Waals surface area contributed by atoms with Gasteiger partial charge in [-0.25, -0.2) is 4.79 Å². The molecule has 0 aromatic rings. The van der Waals surface area contributed by atoms with Crippen LogP contribution in [-0.2, 0) is 9.53 Å². The topological polar surface area (TPSA) is 107 Å². The fourth-order valence-corrected chi connectivity index (χ4v) is 1.24. The van der Waals surface area contributed by atoms with Crippen LogP contribution in [0.5, 0.6) is 0 Å². The van der Waals surface area contributed by atoms with E-state index < -0.39 is 18.2 Å². The maximum atomic E-state index is 11.1. The Labute approximate surface area is 120 Å². The fourth-order valence-electron chi connectivity index (χ4n) is 1.24. The van der Waals surface area contributed by atoms with Crippen molar-refractivity contribution in [2.24, 2.45) is 5.41 Å². The number of allylic oxidation sites excluding steroid dienone is 1. The van der Waals surface area contributed by atoms with E-state index in [9.17, 15) is 4.79 Å². The van der Waals surface area contributed by atoms with Gasteiger partial charge in [0.2, 0.25) is 0 Å². The molecule has 0 aliphatic carbocycles. The molecule has 0 fully saturated rings. The predicted molar refractivity (Wildman–Crippen MR) is 75.8 cm³/mol. The number of carbonyl (C=O) groups is 1. The van der Waals surface area contributed by atoms with Gasteiger partial charge in [-0.3, -0.25) is 0 Å². The predicted octanol–water partition coefficient (Wildman–Crippen LogP) is 0.585. The SMILES string of the molecule is CC(=CCCC(CO)(CO)CO)C(=O)OCO.CCC. The van der Waals surface area contributed by atoms with Crippen LogP contribution in [0.3, 0.4) is 0 Å². The smallest absolute Gasteiger partial charge is 0.335 e. The normalized spacial score (nSPS) is 11.7. The molecule has 120 valence electrons. The Bertz CT molecular complexity index is 263. The molecule has 0 bridgehead atoms. The molecular formula is C14H28O6. The zero-order valence-corrected chi connectivity index (χ0v) is 12.6. The van der Waals surface area contributed by atoms with Crippen LogP contribution in [0.2, 0.25) is 0 Å². The number of carbonyl (C=O) groups excluding carboxylic acids is 1. The van der Waals surface area contributed by atoms with Gasteiger partial charge in [0.15, 0.2) is 6.79 Å². The van der Waals surface area contributed by atoms with Crippen LogP contribution >= 0.6 is 0 Å². The second kappa shape index (κ2) is 13.1. The van der Waals surface area contributed by atoms with Gasteiger partial charge in [0, 0.05) is 11.0 Å². The van der Waals surface area contributed by atoms with Gasteiger partial charge in [-0.1, -0.05) is 26.3 Å². The Kier molecular flexibility index (Phi) is 13.9. The number of hydrogen-bond acceptors (Lipinski definition) is 6. The second-order valence-electron chi connectivity index (χ2n) is 4.67. The highest BCUT2D eigenvalue weighted by atomic mass is 16.6. The van der Waals surface area contributed by atoms with E-state index in [0.29, 0.717) is 18.4 Å². The first-order valence-electron chi connectivity index (χ1n) is 6.74. The molecule has 0 radical (unpaired) electrons. The number of esters is 1. The van der Waals surface area contributed by atoms with E-state index in [-0.39, 0.29) is 19.8 Å². The molecule has 0 aliphatic heterocycles. The number of hydrogen-bond donors (Lipinski definition) is 4. The molecule has 0 rings (SSSR count). The van der Waals surface area contributed by atoms with Gasteiger partial charge < -0.3 is 25.2 Å². The molecule has 0 saturated heterocycles. The van der Waals surface area contributed by atoms with Gasteiger partial charge >= 0.3 is 5.97 Å². The van der Waals surface area contributed by atoms with E-state index >= 15 is 0 Å². The Morgan fingerprint density at radius 3 is 1.90 bits per heavy atom. The second-order valence-corrected chi connectivity index (χ2v) is 4.67. The van der Waals surface area contributed by atoms with Crippen molar-refractivity contribution in [3.8, 4) is 0 Å². The molecule has 6 nitrogen and oxygen atoms in total. The molecule has 0 saturated carbocycles. The van der Waals surface area contributed by atoms with Gasteiger partial charge in [0.1, 0.15) is 0 Å². The Morgan fingerprint density at radius 2 is 1.55 bits per heavy atom. The van der Waals surface area contributed by atoms with E-state index in [1.165, 1.54) is 13.3 Å². The summed E-state index contributed by atoms with van der Waals surface area (Å²) in [5.41, 5.74) is -0.598. The third-order valence-electron chi connectivity index (χ3n) is 2.65. The first-order valence-corrected chi connectivity index (χ1v) is 6.74. The van der Waals surface area contributed by atoms with Crippen LogP contribution < -0.4 is 0 Å². The highest BCUT2D eigenvalue weighted by Gasteiger charge is 2.27. The van der Waals surface area contributed by atoms with E-state index in [2.05, 4.69) is 18.6 Å². The van der Waals surface area contributed by atoms with Gasteiger partial charge in [0.25, 0.3) is 0 Å². The fraction of sp³-hybridized carbons (Fsp3) is 0.786. The number of aliphatic hydroxyl groups excluding tert-OH is 4. The summed E-state index contributed by atoms with van der Waals surface area (Å²) in [6, 6.07) is 0. The molecule has 0 aromatic heterocycles. The lowest BCUT2D eigenvalue weighted by Gasteiger charge is -2.26. The summed E-state index contributed by atoms with van der Waals surface area (Å²) in [5, 5.41) is 35.6. The van der Waals surface area contributed by atoms with Gasteiger partial charge in [-0.05, 0) is 19.8 Å². The minimum absolute atomic E-state index is 0.325. The van der Waals surface area contributed by atoms with Crippen LogP contribution in [0.25, 0.3) is 0 Å². The van der Waals surface area contributed by atoms with Crippen molar-refractivity contribution < 1.29 is 30.0 Å². The lowest BCUT2D eigenvalue weighted by Crippen LogP contribution is -2.33. The number of rotatable bonds is 8. The van der Waals surface area contributed by atoms with Crippen LogP contribution in [-0.4, -0.2) is 53.0 Å². The minimum atomic E-state index is -0.933. The summed E-state index contributed by atoms with van der Waals surface area (Å²) in [6.07, 6.45) is 3.59. The molecule has 0 unspecified atom stereocenters. The molecule has 4 N–H and O–H groups in total. The summed E-state index contributed by atoms with van der Waals surface area (Å²) in [4.78, 5) is 11.1. The van der Waals surface area contributed by atoms with Crippen molar-refractivity contribution in [3.05, 3.63) is 11.6 Å². The summed E-state index contributed by atoms with van der Waals surface area (Å²) >= 11 is 0. The van der Waals surface area contributed by atoms with Crippen LogP contribution in [0.15, 0.2) is 11.6 Å². The highest BCUT2D eigenvalue weighted by Crippen LogP contribution is 2.22.